The Bertz CT molecular complexity index is 1620. The first-order valence-corrected chi connectivity index (χ1v) is 17.5. The molecule has 244 valence electrons. The molecule has 46 heavy (non-hydrogen) atoms. The van der Waals surface area contributed by atoms with E-state index in [0.717, 1.165) is 16.5 Å². The van der Waals surface area contributed by atoms with Crippen molar-refractivity contribution in [3.05, 3.63) is 77.9 Å². The SMILES string of the molecule is C[C@]12C=CC(=O)C=C1[C@@H](F)C[C@H]1[C@@H]3C[C@H]4CN(c5ccc(CSc6ccc(O)cc6)cc5)O[C@@]4(C(=O)SCF)[C@@]3(C)C[C@H](O)[C@@]12F. The van der Waals surface area contributed by atoms with Crippen LogP contribution in [0, 0.1) is 28.6 Å². The van der Waals surface area contributed by atoms with Gasteiger partial charge in [0.2, 0.25) is 5.12 Å². The van der Waals surface area contributed by atoms with E-state index in [1.54, 1.807) is 35.9 Å². The molecule has 1 saturated heterocycles. The first-order chi connectivity index (χ1) is 21.9. The van der Waals surface area contributed by atoms with Crippen LogP contribution in [-0.4, -0.2) is 57.2 Å². The van der Waals surface area contributed by atoms with Crippen molar-refractivity contribution >= 4 is 40.1 Å². The van der Waals surface area contributed by atoms with Gasteiger partial charge in [-0.3, -0.25) is 19.5 Å². The Morgan fingerprint density at radius 3 is 2.50 bits per heavy atom. The zero-order valence-corrected chi connectivity index (χ0v) is 27.1. The molecule has 0 radical (unpaired) electrons. The molecule has 2 aromatic rings. The second-order valence-electron chi connectivity index (χ2n) is 13.7. The number of aliphatic hydroxyl groups is 1. The van der Waals surface area contributed by atoms with E-state index < -0.39 is 69.0 Å². The Kier molecular flexibility index (Phi) is 7.74. The number of alkyl halides is 3. The Morgan fingerprint density at radius 1 is 1.09 bits per heavy atom. The molecule has 7 rings (SSSR count). The lowest BCUT2D eigenvalue weighted by Gasteiger charge is -2.63. The Balaban J connectivity index is 1.18. The number of carbonyl (C=O) groups excluding carboxylic acids is 2. The normalized spacial score (nSPS) is 39.3. The van der Waals surface area contributed by atoms with Gasteiger partial charge < -0.3 is 10.2 Å². The number of thioether (sulfide) groups is 2. The maximum absolute atomic E-state index is 17.6. The van der Waals surface area contributed by atoms with Crippen LogP contribution in [0.4, 0.5) is 18.9 Å². The number of phenols is 1. The van der Waals surface area contributed by atoms with E-state index in [-0.39, 0.29) is 24.2 Å². The van der Waals surface area contributed by atoms with Crippen LogP contribution in [0.1, 0.15) is 38.7 Å². The van der Waals surface area contributed by atoms with Gasteiger partial charge in [-0.1, -0.05) is 36.9 Å². The van der Waals surface area contributed by atoms with E-state index in [1.807, 2.05) is 43.3 Å². The number of hydrogen-bond donors (Lipinski definition) is 2. The molecule has 2 N–H and O–H groups in total. The van der Waals surface area contributed by atoms with Crippen LogP contribution >= 0.6 is 23.5 Å². The third kappa shape index (κ3) is 4.40. The fourth-order valence-corrected chi connectivity index (χ4v) is 11.0. The number of rotatable bonds is 6. The molecule has 4 aliphatic carbocycles. The number of nitrogens with zero attached hydrogens (tertiary/aromatic N) is 1. The van der Waals surface area contributed by atoms with Gasteiger partial charge in [0.15, 0.2) is 17.1 Å². The molecule has 3 saturated carbocycles. The van der Waals surface area contributed by atoms with Crippen molar-refractivity contribution in [3.8, 4) is 5.75 Å². The molecule has 1 aliphatic heterocycles. The van der Waals surface area contributed by atoms with E-state index in [4.69, 9.17) is 4.84 Å². The van der Waals surface area contributed by atoms with Crippen LogP contribution in [-0.2, 0) is 20.2 Å². The standard InChI is InChI=1S/C35H36F3NO5S2/c1-32-12-11-24(41)14-28(32)29(37)15-27-26-13-21-17-39(22-5-3-20(4-6-22)18-45-25-9-7-23(40)8-10-25)44-35(21,31(43)46-19-36)33(26,2)16-30(42)34(27,32)38/h3-12,14,21,26-27,29-30,40,42H,13,15-19H2,1-2H3/t21-,26-,27-,29-,30-,32-,33-,34-,35-/m0/s1. The van der Waals surface area contributed by atoms with E-state index in [2.05, 4.69) is 0 Å². The van der Waals surface area contributed by atoms with Crippen LogP contribution in [0.5, 0.6) is 5.75 Å². The minimum Gasteiger partial charge on any atom is -0.508 e. The van der Waals surface area contributed by atoms with Gasteiger partial charge in [0.1, 0.15) is 17.9 Å². The highest BCUT2D eigenvalue weighted by atomic mass is 32.2. The molecule has 0 unspecified atom stereocenters. The summed E-state index contributed by atoms with van der Waals surface area (Å²) >= 11 is 2.15. The van der Waals surface area contributed by atoms with Gasteiger partial charge in [-0.25, -0.2) is 13.2 Å². The second-order valence-corrected chi connectivity index (χ2v) is 15.6. The van der Waals surface area contributed by atoms with Crippen molar-refractivity contribution < 1.29 is 37.8 Å². The largest absolute Gasteiger partial charge is 0.508 e. The topological polar surface area (TPSA) is 87.1 Å². The summed E-state index contributed by atoms with van der Waals surface area (Å²) in [5, 5.41) is 22.4. The van der Waals surface area contributed by atoms with Gasteiger partial charge in [0.25, 0.3) is 0 Å². The molecule has 6 nitrogen and oxygen atoms in total. The number of hydroxylamine groups is 1. The molecule has 0 bridgehead atoms. The van der Waals surface area contributed by atoms with Crippen molar-refractivity contribution in [3.63, 3.8) is 0 Å². The highest BCUT2D eigenvalue weighted by Crippen LogP contribution is 2.73. The highest BCUT2D eigenvalue weighted by molar-refractivity contribution is 8.13. The number of aliphatic hydroxyl groups excluding tert-OH is 1. The number of allylic oxidation sites excluding steroid dienone is 4. The number of ketones is 1. The van der Waals surface area contributed by atoms with Crippen LogP contribution in [0.3, 0.4) is 0 Å². The number of fused-ring (bicyclic) bond motifs is 7. The molecule has 11 heteroatoms. The molecule has 5 aliphatic rings. The van der Waals surface area contributed by atoms with Crippen molar-refractivity contribution in [2.75, 3.05) is 17.6 Å². The van der Waals surface area contributed by atoms with Gasteiger partial charge in [-0.15, -0.1) is 11.8 Å². The minimum absolute atomic E-state index is 0.0470. The summed E-state index contributed by atoms with van der Waals surface area (Å²) in [5.74, 6) is -1.43. The molecular weight excluding hydrogens is 636 g/mol. The molecule has 0 amide bonds. The molecule has 0 spiro atoms. The zero-order chi connectivity index (χ0) is 32.6. The number of hydrogen-bond acceptors (Lipinski definition) is 8. The molecule has 9 atom stereocenters. The van der Waals surface area contributed by atoms with Crippen LogP contribution in [0.15, 0.2) is 77.2 Å². The lowest BCUT2D eigenvalue weighted by molar-refractivity contribution is -0.225. The second kappa shape index (κ2) is 11.2. The summed E-state index contributed by atoms with van der Waals surface area (Å²) in [6.45, 7) is 3.66. The number of halogens is 3. The number of anilines is 1. The quantitative estimate of drug-likeness (QED) is 0.321. The zero-order valence-electron chi connectivity index (χ0n) is 25.5. The first-order valence-electron chi connectivity index (χ1n) is 15.5. The number of aromatic hydroxyl groups is 1. The summed E-state index contributed by atoms with van der Waals surface area (Å²) in [7, 11) is 0. The third-order valence-corrected chi connectivity index (χ3v) is 13.3. The predicted molar refractivity (Wildman–Crippen MR) is 171 cm³/mol. The van der Waals surface area contributed by atoms with E-state index in [1.165, 1.54) is 12.2 Å². The lowest BCUT2D eigenvalue weighted by Crippen LogP contribution is -2.70. The molecule has 2 aromatic carbocycles. The summed E-state index contributed by atoms with van der Waals surface area (Å²) in [6.07, 6.45) is 0.617. The number of carbonyl (C=O) groups is 2. The molecule has 1 heterocycles. The van der Waals surface area contributed by atoms with Crippen molar-refractivity contribution in [1.82, 2.24) is 0 Å². The fraction of sp³-hybridized carbons (Fsp3) is 0.486. The monoisotopic (exact) mass is 671 g/mol. The van der Waals surface area contributed by atoms with Gasteiger partial charge >= 0.3 is 0 Å². The van der Waals surface area contributed by atoms with Crippen LogP contribution in [0.2, 0.25) is 0 Å². The lowest BCUT2D eigenvalue weighted by atomic mass is 9.44. The summed E-state index contributed by atoms with van der Waals surface area (Å²) in [4.78, 5) is 33.8. The first kappa shape index (κ1) is 31.8. The summed E-state index contributed by atoms with van der Waals surface area (Å²) in [6, 6.07) is 13.8. The summed E-state index contributed by atoms with van der Waals surface area (Å²) in [5.41, 5.74) is -4.65. The van der Waals surface area contributed by atoms with E-state index in [9.17, 15) is 24.2 Å². The fourth-order valence-electron chi connectivity index (χ4n) is 9.37. The molecular formula is C35H36F3NO5S2. The van der Waals surface area contributed by atoms with Gasteiger partial charge in [-0.2, -0.15) is 0 Å². The predicted octanol–water partition coefficient (Wildman–Crippen LogP) is 6.91. The average molecular weight is 672 g/mol. The highest BCUT2D eigenvalue weighted by Gasteiger charge is 2.79. The van der Waals surface area contributed by atoms with Crippen molar-refractivity contribution in [1.29, 1.82) is 0 Å². The smallest absolute Gasteiger partial charge is 0.226 e. The van der Waals surface area contributed by atoms with E-state index in [0.29, 0.717) is 36.2 Å². The average Bonchev–Trinajstić information content (AvgIpc) is 3.53. The number of benzene rings is 2. The van der Waals surface area contributed by atoms with E-state index >= 15 is 8.78 Å². The van der Waals surface area contributed by atoms with Gasteiger partial charge in [-0.05, 0) is 91.8 Å². The van der Waals surface area contributed by atoms with Crippen LogP contribution < -0.4 is 5.06 Å². The molecule has 4 fully saturated rings. The van der Waals surface area contributed by atoms with Gasteiger partial charge in [0, 0.05) is 33.3 Å². The van der Waals surface area contributed by atoms with Crippen LogP contribution in [0.25, 0.3) is 0 Å². The molecule has 0 aromatic heterocycles. The Hall–Kier alpha value is -2.73. The summed E-state index contributed by atoms with van der Waals surface area (Å²) < 4.78 is 47.2. The third-order valence-electron chi connectivity index (χ3n) is 11.6. The van der Waals surface area contributed by atoms with Crippen molar-refractivity contribution in [2.24, 2.45) is 28.6 Å². The van der Waals surface area contributed by atoms with Gasteiger partial charge in [0.05, 0.1) is 18.3 Å². The maximum Gasteiger partial charge on any atom is 0.226 e. The Labute approximate surface area is 274 Å². The Morgan fingerprint density at radius 2 is 1.80 bits per heavy atom. The van der Waals surface area contributed by atoms with Crippen molar-refractivity contribution in [2.45, 2.75) is 67.3 Å². The minimum atomic E-state index is -2.27. The number of phenolic OH excluding ortho intramolecular Hbond substituents is 1. The maximum atomic E-state index is 17.6.